The number of phenols is 1. The number of aromatic hydroxyl groups is 1. The SMILES string of the molecule is CCCc1cc(Oc2ccc(OC(C)C)cc2)ccc1O. The summed E-state index contributed by atoms with van der Waals surface area (Å²) in [5.41, 5.74) is 0.912. The molecule has 21 heavy (non-hydrogen) atoms. The van der Waals surface area contributed by atoms with Crippen LogP contribution in [0.5, 0.6) is 23.0 Å². The molecule has 0 amide bonds. The highest BCUT2D eigenvalue weighted by Crippen LogP contribution is 2.29. The molecule has 0 radical (unpaired) electrons. The number of hydrogen-bond acceptors (Lipinski definition) is 3. The van der Waals surface area contributed by atoms with Crippen LogP contribution in [0.25, 0.3) is 0 Å². The Morgan fingerprint density at radius 2 is 1.57 bits per heavy atom. The van der Waals surface area contributed by atoms with E-state index in [2.05, 4.69) is 6.92 Å². The minimum atomic E-state index is 0.158. The van der Waals surface area contributed by atoms with Crippen molar-refractivity contribution in [3.8, 4) is 23.0 Å². The van der Waals surface area contributed by atoms with E-state index in [0.717, 1.165) is 35.7 Å². The Balaban J connectivity index is 2.09. The van der Waals surface area contributed by atoms with Crippen molar-refractivity contribution in [2.45, 2.75) is 39.7 Å². The minimum Gasteiger partial charge on any atom is -0.508 e. The number of phenolic OH excluding ortho intramolecular Hbond substituents is 1. The molecule has 0 aliphatic heterocycles. The van der Waals surface area contributed by atoms with Crippen LogP contribution in [0, 0.1) is 0 Å². The topological polar surface area (TPSA) is 38.7 Å². The van der Waals surface area contributed by atoms with Crippen molar-refractivity contribution in [2.24, 2.45) is 0 Å². The van der Waals surface area contributed by atoms with Crippen molar-refractivity contribution in [1.29, 1.82) is 0 Å². The maximum absolute atomic E-state index is 9.78. The van der Waals surface area contributed by atoms with Crippen LogP contribution in [0.3, 0.4) is 0 Å². The normalized spacial score (nSPS) is 10.7. The summed E-state index contributed by atoms with van der Waals surface area (Å²) in [6, 6.07) is 12.9. The smallest absolute Gasteiger partial charge is 0.127 e. The van der Waals surface area contributed by atoms with Crippen LogP contribution >= 0.6 is 0 Å². The van der Waals surface area contributed by atoms with Crippen LogP contribution in [-0.4, -0.2) is 11.2 Å². The Bertz CT molecular complexity index is 574. The number of rotatable bonds is 6. The van der Waals surface area contributed by atoms with Gasteiger partial charge in [-0.25, -0.2) is 0 Å². The molecule has 0 bridgehead atoms. The van der Waals surface area contributed by atoms with Crippen LogP contribution in [0.2, 0.25) is 0 Å². The first-order chi connectivity index (χ1) is 10.1. The highest BCUT2D eigenvalue weighted by molar-refractivity contribution is 5.42. The Labute approximate surface area is 126 Å². The fourth-order valence-electron chi connectivity index (χ4n) is 2.09. The second-order valence-corrected chi connectivity index (χ2v) is 5.28. The van der Waals surface area contributed by atoms with Gasteiger partial charge in [-0.15, -0.1) is 0 Å². The molecular formula is C18H22O3. The Hall–Kier alpha value is -2.16. The van der Waals surface area contributed by atoms with E-state index in [0.29, 0.717) is 5.75 Å². The molecule has 1 N–H and O–H groups in total. The van der Waals surface area contributed by atoms with Crippen LogP contribution in [0.15, 0.2) is 42.5 Å². The van der Waals surface area contributed by atoms with Crippen LogP contribution in [0.1, 0.15) is 32.8 Å². The van der Waals surface area contributed by atoms with E-state index in [4.69, 9.17) is 9.47 Å². The third kappa shape index (κ3) is 4.42. The zero-order valence-corrected chi connectivity index (χ0v) is 12.8. The maximum atomic E-state index is 9.78. The van der Waals surface area contributed by atoms with Gasteiger partial charge < -0.3 is 14.6 Å². The lowest BCUT2D eigenvalue weighted by Crippen LogP contribution is -2.05. The van der Waals surface area contributed by atoms with E-state index < -0.39 is 0 Å². The molecule has 0 aliphatic carbocycles. The molecule has 0 saturated carbocycles. The van der Waals surface area contributed by atoms with Crippen molar-refractivity contribution < 1.29 is 14.6 Å². The summed E-state index contributed by atoms with van der Waals surface area (Å²) in [4.78, 5) is 0. The monoisotopic (exact) mass is 286 g/mol. The number of hydrogen-bond donors (Lipinski definition) is 1. The van der Waals surface area contributed by atoms with Gasteiger partial charge in [0.05, 0.1) is 6.10 Å². The van der Waals surface area contributed by atoms with Gasteiger partial charge in [-0.3, -0.25) is 0 Å². The zero-order valence-electron chi connectivity index (χ0n) is 12.8. The van der Waals surface area contributed by atoms with Crippen LogP contribution in [0.4, 0.5) is 0 Å². The summed E-state index contributed by atoms with van der Waals surface area (Å²) in [6.07, 6.45) is 1.98. The first-order valence-corrected chi connectivity index (χ1v) is 7.35. The lowest BCUT2D eigenvalue weighted by molar-refractivity contribution is 0.242. The Morgan fingerprint density at radius 3 is 2.19 bits per heavy atom. The molecule has 0 heterocycles. The third-order valence-electron chi connectivity index (χ3n) is 3.00. The molecule has 3 heteroatoms. The highest BCUT2D eigenvalue weighted by atomic mass is 16.5. The van der Waals surface area contributed by atoms with Gasteiger partial charge in [0.15, 0.2) is 0 Å². The molecular weight excluding hydrogens is 264 g/mol. The van der Waals surface area contributed by atoms with Gasteiger partial charge in [-0.1, -0.05) is 13.3 Å². The van der Waals surface area contributed by atoms with E-state index in [1.54, 1.807) is 12.1 Å². The van der Waals surface area contributed by atoms with E-state index in [1.807, 2.05) is 44.2 Å². The van der Waals surface area contributed by atoms with Crippen LogP contribution < -0.4 is 9.47 Å². The molecule has 0 unspecified atom stereocenters. The predicted molar refractivity (Wildman–Crippen MR) is 84.4 cm³/mol. The average Bonchev–Trinajstić information content (AvgIpc) is 2.44. The maximum Gasteiger partial charge on any atom is 0.127 e. The summed E-state index contributed by atoms with van der Waals surface area (Å²) >= 11 is 0. The standard InChI is InChI=1S/C18H22O3/c1-4-5-14-12-17(10-11-18(14)19)21-16-8-6-15(7-9-16)20-13(2)3/h6-13,19H,4-5H2,1-3H3. The first-order valence-electron chi connectivity index (χ1n) is 7.35. The predicted octanol–water partition coefficient (Wildman–Crippen LogP) is 4.92. The summed E-state index contributed by atoms with van der Waals surface area (Å²) in [7, 11) is 0. The molecule has 0 spiro atoms. The van der Waals surface area contributed by atoms with E-state index in [9.17, 15) is 5.11 Å². The second-order valence-electron chi connectivity index (χ2n) is 5.28. The number of ether oxygens (including phenoxy) is 2. The summed E-state index contributed by atoms with van der Waals surface area (Å²) in [5.74, 6) is 2.63. The summed E-state index contributed by atoms with van der Waals surface area (Å²) in [6.45, 7) is 6.08. The van der Waals surface area contributed by atoms with Gasteiger partial charge in [0.25, 0.3) is 0 Å². The van der Waals surface area contributed by atoms with Crippen molar-refractivity contribution in [1.82, 2.24) is 0 Å². The minimum absolute atomic E-state index is 0.158. The zero-order chi connectivity index (χ0) is 15.2. The lowest BCUT2D eigenvalue weighted by Gasteiger charge is -2.11. The quantitative estimate of drug-likeness (QED) is 0.818. The van der Waals surface area contributed by atoms with E-state index in [1.165, 1.54) is 0 Å². The molecule has 2 aromatic carbocycles. The lowest BCUT2D eigenvalue weighted by atomic mass is 10.1. The van der Waals surface area contributed by atoms with Gasteiger partial charge in [-0.2, -0.15) is 0 Å². The van der Waals surface area contributed by atoms with Gasteiger partial charge in [0.1, 0.15) is 23.0 Å². The largest absolute Gasteiger partial charge is 0.508 e. The van der Waals surface area contributed by atoms with Gasteiger partial charge in [0.2, 0.25) is 0 Å². The number of benzene rings is 2. The fourth-order valence-corrected chi connectivity index (χ4v) is 2.09. The molecule has 0 atom stereocenters. The molecule has 0 fully saturated rings. The van der Waals surface area contributed by atoms with Crippen LogP contribution in [-0.2, 0) is 6.42 Å². The Morgan fingerprint density at radius 1 is 0.952 bits per heavy atom. The summed E-state index contributed by atoms with van der Waals surface area (Å²) in [5, 5.41) is 9.78. The van der Waals surface area contributed by atoms with E-state index >= 15 is 0 Å². The van der Waals surface area contributed by atoms with Gasteiger partial charge >= 0.3 is 0 Å². The first kappa shape index (κ1) is 15.2. The molecule has 0 aliphatic rings. The molecule has 112 valence electrons. The van der Waals surface area contributed by atoms with E-state index in [-0.39, 0.29) is 6.10 Å². The average molecular weight is 286 g/mol. The second kappa shape index (κ2) is 7.02. The molecule has 0 saturated heterocycles. The molecule has 3 nitrogen and oxygen atoms in total. The molecule has 2 rings (SSSR count). The fraction of sp³-hybridized carbons (Fsp3) is 0.333. The summed E-state index contributed by atoms with van der Waals surface area (Å²) < 4.78 is 11.4. The third-order valence-corrected chi connectivity index (χ3v) is 3.00. The van der Waals surface area contributed by atoms with Gasteiger partial charge in [0, 0.05) is 0 Å². The van der Waals surface area contributed by atoms with Crippen molar-refractivity contribution in [2.75, 3.05) is 0 Å². The van der Waals surface area contributed by atoms with Gasteiger partial charge in [-0.05, 0) is 68.3 Å². The van der Waals surface area contributed by atoms with Crippen molar-refractivity contribution >= 4 is 0 Å². The molecule has 0 aromatic heterocycles. The van der Waals surface area contributed by atoms with Crippen molar-refractivity contribution in [3.05, 3.63) is 48.0 Å². The number of aryl methyl sites for hydroxylation is 1. The Kier molecular flexibility index (Phi) is 5.09. The molecule has 2 aromatic rings. The highest BCUT2D eigenvalue weighted by Gasteiger charge is 2.05. The van der Waals surface area contributed by atoms with Crippen molar-refractivity contribution in [3.63, 3.8) is 0 Å².